The normalized spacial score (nSPS) is 13.0. The van der Waals surface area contributed by atoms with Gasteiger partial charge in [0.05, 0.1) is 6.42 Å². The molecule has 0 N–H and O–H groups in total. The first-order valence-electron chi connectivity index (χ1n) is 22.2. The molecule has 1 unspecified atom stereocenters. The van der Waals surface area contributed by atoms with E-state index in [2.05, 4.69) is 106 Å². The highest BCUT2D eigenvalue weighted by Gasteiger charge is 2.19. The molecule has 6 heteroatoms. The molecule has 0 heterocycles. The quantitative estimate of drug-likeness (QED) is 0.0269. The van der Waals surface area contributed by atoms with Crippen molar-refractivity contribution >= 4 is 17.9 Å². The zero-order chi connectivity index (χ0) is 40.8. The third-order valence-corrected chi connectivity index (χ3v) is 8.87. The molecule has 0 saturated heterocycles. The molecule has 1 atom stereocenters. The van der Waals surface area contributed by atoms with Gasteiger partial charge in [-0.1, -0.05) is 189 Å². The summed E-state index contributed by atoms with van der Waals surface area (Å²) in [6.07, 6.45) is 57.2. The first kappa shape index (κ1) is 52.3. The van der Waals surface area contributed by atoms with Crippen molar-refractivity contribution in [2.75, 3.05) is 13.2 Å². The van der Waals surface area contributed by atoms with E-state index in [1.165, 1.54) is 57.8 Å². The predicted molar refractivity (Wildman–Crippen MR) is 237 cm³/mol. The van der Waals surface area contributed by atoms with Crippen LogP contribution in [0.25, 0.3) is 0 Å². The summed E-state index contributed by atoms with van der Waals surface area (Å²) in [7, 11) is 0. The van der Waals surface area contributed by atoms with Crippen molar-refractivity contribution in [3.05, 3.63) is 97.2 Å². The molecule has 0 aliphatic rings. The third-order valence-electron chi connectivity index (χ3n) is 8.87. The van der Waals surface area contributed by atoms with Gasteiger partial charge in [-0.3, -0.25) is 14.4 Å². The molecule has 0 spiro atoms. The number of ether oxygens (including phenoxy) is 3. The fraction of sp³-hybridized carbons (Fsp3) is 0.620. The van der Waals surface area contributed by atoms with Crippen LogP contribution in [0.2, 0.25) is 0 Å². The highest BCUT2D eigenvalue weighted by Crippen LogP contribution is 2.13. The Kier molecular flexibility index (Phi) is 41.2. The molecule has 6 nitrogen and oxygen atoms in total. The van der Waals surface area contributed by atoms with Crippen molar-refractivity contribution in [1.82, 2.24) is 0 Å². The zero-order valence-corrected chi connectivity index (χ0v) is 35.9. The third kappa shape index (κ3) is 41.5. The minimum Gasteiger partial charge on any atom is -0.462 e. The molecule has 0 aliphatic carbocycles. The Balaban J connectivity index is 4.52. The molecular formula is C50H80O6. The van der Waals surface area contributed by atoms with Crippen LogP contribution in [0.3, 0.4) is 0 Å². The van der Waals surface area contributed by atoms with Gasteiger partial charge in [0.25, 0.3) is 0 Å². The van der Waals surface area contributed by atoms with Crippen molar-refractivity contribution in [3.63, 3.8) is 0 Å². The van der Waals surface area contributed by atoms with E-state index in [1.54, 1.807) is 6.08 Å². The van der Waals surface area contributed by atoms with Crippen LogP contribution in [-0.2, 0) is 28.6 Å². The fourth-order valence-electron chi connectivity index (χ4n) is 5.60. The van der Waals surface area contributed by atoms with Gasteiger partial charge in [-0.25, -0.2) is 0 Å². The monoisotopic (exact) mass is 777 g/mol. The van der Waals surface area contributed by atoms with E-state index >= 15 is 0 Å². The van der Waals surface area contributed by atoms with E-state index in [0.717, 1.165) is 77.0 Å². The Morgan fingerprint density at radius 2 is 0.768 bits per heavy atom. The van der Waals surface area contributed by atoms with Crippen LogP contribution in [0.4, 0.5) is 0 Å². The molecular weight excluding hydrogens is 697 g/mol. The summed E-state index contributed by atoms with van der Waals surface area (Å²) in [4.78, 5) is 37.6. The average molecular weight is 777 g/mol. The minimum absolute atomic E-state index is 0.124. The lowest BCUT2D eigenvalue weighted by atomic mass is 10.0. The lowest BCUT2D eigenvalue weighted by Crippen LogP contribution is -2.30. The van der Waals surface area contributed by atoms with Gasteiger partial charge >= 0.3 is 17.9 Å². The number of unbranched alkanes of at least 4 members (excludes halogenated alkanes) is 12. The topological polar surface area (TPSA) is 78.9 Å². The summed E-state index contributed by atoms with van der Waals surface area (Å²) in [6, 6.07) is 0. The van der Waals surface area contributed by atoms with Gasteiger partial charge < -0.3 is 14.2 Å². The van der Waals surface area contributed by atoms with E-state index in [4.69, 9.17) is 14.2 Å². The van der Waals surface area contributed by atoms with Crippen LogP contribution in [0.5, 0.6) is 0 Å². The van der Waals surface area contributed by atoms with Crippen LogP contribution in [0.1, 0.15) is 181 Å². The number of hydrogen-bond donors (Lipinski definition) is 0. The van der Waals surface area contributed by atoms with Gasteiger partial charge in [-0.05, 0) is 70.6 Å². The summed E-state index contributed by atoms with van der Waals surface area (Å²) in [5.41, 5.74) is 0. The largest absolute Gasteiger partial charge is 0.462 e. The van der Waals surface area contributed by atoms with E-state index in [9.17, 15) is 14.4 Å². The second kappa shape index (κ2) is 44.0. The molecule has 0 saturated carbocycles. The Labute approximate surface area is 343 Å². The Morgan fingerprint density at radius 1 is 0.393 bits per heavy atom. The molecule has 0 aromatic heterocycles. The lowest BCUT2D eigenvalue weighted by molar-refractivity contribution is -0.166. The first-order chi connectivity index (χ1) is 27.5. The maximum atomic E-state index is 12.7. The molecule has 0 aromatic carbocycles. The first-order valence-corrected chi connectivity index (χ1v) is 22.2. The number of hydrogen-bond acceptors (Lipinski definition) is 6. The van der Waals surface area contributed by atoms with E-state index in [0.29, 0.717) is 12.8 Å². The van der Waals surface area contributed by atoms with Gasteiger partial charge in [-0.15, -0.1) is 0 Å². The van der Waals surface area contributed by atoms with Gasteiger partial charge in [0.2, 0.25) is 0 Å². The average Bonchev–Trinajstić information content (AvgIpc) is 3.19. The summed E-state index contributed by atoms with van der Waals surface area (Å²) in [5, 5.41) is 0. The highest BCUT2D eigenvalue weighted by molar-refractivity contribution is 5.72. The van der Waals surface area contributed by atoms with Crippen molar-refractivity contribution in [2.24, 2.45) is 0 Å². The number of carbonyl (C=O) groups is 3. The van der Waals surface area contributed by atoms with E-state index < -0.39 is 12.1 Å². The van der Waals surface area contributed by atoms with Crippen molar-refractivity contribution in [3.8, 4) is 0 Å². The maximum Gasteiger partial charge on any atom is 0.309 e. The Morgan fingerprint density at radius 3 is 1.23 bits per heavy atom. The van der Waals surface area contributed by atoms with Crippen molar-refractivity contribution in [2.45, 2.75) is 187 Å². The smallest absolute Gasteiger partial charge is 0.309 e. The van der Waals surface area contributed by atoms with Crippen LogP contribution in [0, 0.1) is 0 Å². The second-order valence-corrected chi connectivity index (χ2v) is 14.2. The second-order valence-electron chi connectivity index (χ2n) is 14.2. The number of carbonyl (C=O) groups excluding carboxylic acids is 3. The molecule has 0 amide bonds. The number of esters is 3. The van der Waals surface area contributed by atoms with Crippen LogP contribution in [0.15, 0.2) is 97.2 Å². The molecule has 0 fully saturated rings. The van der Waals surface area contributed by atoms with Gasteiger partial charge in [-0.2, -0.15) is 0 Å². The predicted octanol–water partition coefficient (Wildman–Crippen LogP) is 14.2. The fourth-order valence-corrected chi connectivity index (χ4v) is 5.60. The summed E-state index contributed by atoms with van der Waals surface area (Å²) in [6.45, 7) is 6.22. The van der Waals surface area contributed by atoms with Gasteiger partial charge in [0, 0.05) is 12.8 Å². The molecule has 0 aliphatic heterocycles. The summed E-state index contributed by atoms with van der Waals surface area (Å²) < 4.78 is 16.5. The van der Waals surface area contributed by atoms with Gasteiger partial charge in [0.1, 0.15) is 13.2 Å². The zero-order valence-electron chi connectivity index (χ0n) is 35.9. The Hall–Kier alpha value is -3.67. The van der Waals surface area contributed by atoms with Gasteiger partial charge in [0.15, 0.2) is 6.10 Å². The maximum absolute atomic E-state index is 12.7. The SMILES string of the molecule is CC/C=C\C/C=C\C/C=C\C/C=C\C/C=C\CCCC(=O)OCC(COC(=O)C/C=C\C/C=C\C/C=C\CC)OC(=O)CCCCCCCCCCCCCC. The summed E-state index contributed by atoms with van der Waals surface area (Å²) in [5.74, 6) is -1.12. The Bertz CT molecular complexity index is 1170. The minimum atomic E-state index is -0.832. The van der Waals surface area contributed by atoms with Crippen LogP contribution < -0.4 is 0 Å². The molecule has 0 bridgehead atoms. The summed E-state index contributed by atoms with van der Waals surface area (Å²) >= 11 is 0. The molecule has 0 aromatic rings. The highest BCUT2D eigenvalue weighted by atomic mass is 16.6. The lowest BCUT2D eigenvalue weighted by Gasteiger charge is -2.18. The van der Waals surface area contributed by atoms with Crippen LogP contribution >= 0.6 is 0 Å². The van der Waals surface area contributed by atoms with E-state index in [1.807, 2.05) is 6.08 Å². The molecule has 316 valence electrons. The number of rotatable bonds is 38. The number of allylic oxidation sites excluding steroid dienone is 15. The molecule has 0 rings (SSSR count). The van der Waals surface area contributed by atoms with E-state index in [-0.39, 0.29) is 38.0 Å². The molecule has 0 radical (unpaired) electrons. The standard InChI is InChI=1S/C50H80O6/c1-4-7-10-13-16-19-21-23-24-25-26-27-29-31-34-37-40-43-49(52)55-46-47(45-54-48(51)42-39-36-33-30-18-15-12-9-6-3)56-50(53)44-41-38-35-32-28-22-20-17-14-11-8-5-2/h7,9-10,12,16,18-19,23-24,26-27,30-31,34,36,39,47H,4-6,8,11,13-15,17,20-22,25,28-29,32-33,35,37-38,40-46H2,1-3H3/b10-7-,12-9-,19-16-,24-23-,27-26-,30-18-,34-31-,39-36-. The van der Waals surface area contributed by atoms with Crippen molar-refractivity contribution < 1.29 is 28.6 Å². The molecule has 56 heavy (non-hydrogen) atoms. The van der Waals surface area contributed by atoms with Crippen molar-refractivity contribution in [1.29, 1.82) is 0 Å². The van der Waals surface area contributed by atoms with Crippen LogP contribution in [-0.4, -0.2) is 37.2 Å².